The highest BCUT2D eigenvalue weighted by Crippen LogP contribution is 2.21. The number of aromatic nitrogens is 2. The van der Waals surface area contributed by atoms with Crippen molar-refractivity contribution >= 4 is 11.8 Å². The summed E-state index contributed by atoms with van der Waals surface area (Å²) in [4.78, 5) is 8.65. The van der Waals surface area contributed by atoms with Gasteiger partial charge >= 0.3 is 0 Å². The maximum atomic E-state index is 4.39. The van der Waals surface area contributed by atoms with Crippen molar-refractivity contribution in [1.82, 2.24) is 15.3 Å². The zero-order valence-electron chi connectivity index (χ0n) is 9.07. The molecule has 4 heteroatoms. The summed E-state index contributed by atoms with van der Waals surface area (Å²) in [6.07, 6.45) is 4.42. The van der Waals surface area contributed by atoms with E-state index in [4.69, 9.17) is 0 Å². The lowest BCUT2D eigenvalue weighted by atomic mass is 10.0. The van der Waals surface area contributed by atoms with E-state index in [-0.39, 0.29) is 0 Å². The van der Waals surface area contributed by atoms with Crippen molar-refractivity contribution in [3.63, 3.8) is 0 Å². The van der Waals surface area contributed by atoms with Gasteiger partial charge in [-0.2, -0.15) is 0 Å². The monoisotopic (exact) mass is 223 g/mol. The van der Waals surface area contributed by atoms with E-state index in [1.807, 2.05) is 19.2 Å². The molecule has 15 heavy (non-hydrogen) atoms. The van der Waals surface area contributed by atoms with Crippen molar-refractivity contribution in [2.75, 3.05) is 18.8 Å². The number of hydrogen-bond acceptors (Lipinski definition) is 4. The van der Waals surface area contributed by atoms with Crippen LogP contribution >= 0.6 is 11.8 Å². The van der Waals surface area contributed by atoms with Gasteiger partial charge in [0.2, 0.25) is 0 Å². The van der Waals surface area contributed by atoms with Crippen molar-refractivity contribution in [2.45, 2.75) is 24.9 Å². The predicted molar refractivity (Wildman–Crippen MR) is 63.1 cm³/mol. The van der Waals surface area contributed by atoms with E-state index >= 15 is 0 Å². The van der Waals surface area contributed by atoms with Crippen LogP contribution in [0.25, 0.3) is 0 Å². The topological polar surface area (TPSA) is 37.8 Å². The van der Waals surface area contributed by atoms with Crippen LogP contribution < -0.4 is 5.32 Å². The zero-order valence-corrected chi connectivity index (χ0v) is 9.89. The summed E-state index contributed by atoms with van der Waals surface area (Å²) in [6, 6.07) is 1.94. The van der Waals surface area contributed by atoms with Gasteiger partial charge in [0.15, 0.2) is 5.16 Å². The van der Waals surface area contributed by atoms with Gasteiger partial charge in [-0.3, -0.25) is 0 Å². The number of piperidine rings is 1. The van der Waals surface area contributed by atoms with Crippen molar-refractivity contribution in [3.05, 3.63) is 18.0 Å². The first-order chi connectivity index (χ1) is 7.34. The Balaban J connectivity index is 1.81. The van der Waals surface area contributed by atoms with Gasteiger partial charge in [-0.05, 0) is 44.8 Å². The summed E-state index contributed by atoms with van der Waals surface area (Å²) < 4.78 is 0. The summed E-state index contributed by atoms with van der Waals surface area (Å²) in [5.74, 6) is 1.99. The van der Waals surface area contributed by atoms with E-state index in [0.717, 1.165) is 22.5 Å². The van der Waals surface area contributed by atoms with Crippen LogP contribution in [0.4, 0.5) is 0 Å². The Labute approximate surface area is 95.1 Å². The molecule has 0 aliphatic carbocycles. The maximum absolute atomic E-state index is 4.39. The van der Waals surface area contributed by atoms with E-state index < -0.39 is 0 Å². The van der Waals surface area contributed by atoms with E-state index in [0.29, 0.717) is 0 Å². The van der Waals surface area contributed by atoms with Crippen LogP contribution in [0.5, 0.6) is 0 Å². The van der Waals surface area contributed by atoms with Gasteiger partial charge in [-0.1, -0.05) is 11.8 Å². The predicted octanol–water partition coefficient (Wildman–Crippen LogP) is 1.88. The Bertz CT molecular complexity index is 310. The van der Waals surface area contributed by atoms with Crippen LogP contribution in [0.1, 0.15) is 18.5 Å². The third-order valence-corrected chi connectivity index (χ3v) is 3.77. The quantitative estimate of drug-likeness (QED) is 0.627. The van der Waals surface area contributed by atoms with Crippen LogP contribution in [-0.4, -0.2) is 28.8 Å². The third-order valence-electron chi connectivity index (χ3n) is 2.68. The summed E-state index contributed by atoms with van der Waals surface area (Å²) in [5.41, 5.74) is 1.05. The van der Waals surface area contributed by atoms with Crippen molar-refractivity contribution in [1.29, 1.82) is 0 Å². The number of hydrogen-bond donors (Lipinski definition) is 1. The second kappa shape index (κ2) is 5.47. The molecule has 0 amide bonds. The van der Waals surface area contributed by atoms with Gasteiger partial charge < -0.3 is 5.32 Å². The summed E-state index contributed by atoms with van der Waals surface area (Å²) >= 11 is 1.79. The number of nitrogens with zero attached hydrogens (tertiary/aromatic N) is 2. The van der Waals surface area contributed by atoms with Crippen molar-refractivity contribution < 1.29 is 0 Å². The third kappa shape index (κ3) is 3.47. The van der Waals surface area contributed by atoms with Crippen LogP contribution in [0.3, 0.4) is 0 Å². The molecule has 0 bridgehead atoms. The normalized spacial score (nSPS) is 17.9. The molecule has 1 aromatic heterocycles. The Morgan fingerprint density at radius 2 is 2.27 bits per heavy atom. The minimum Gasteiger partial charge on any atom is -0.317 e. The van der Waals surface area contributed by atoms with Crippen molar-refractivity contribution in [3.8, 4) is 0 Å². The molecule has 1 aromatic rings. The second-order valence-electron chi connectivity index (χ2n) is 3.98. The second-order valence-corrected chi connectivity index (χ2v) is 4.97. The Morgan fingerprint density at radius 3 is 3.00 bits per heavy atom. The molecular weight excluding hydrogens is 206 g/mol. The van der Waals surface area contributed by atoms with Crippen LogP contribution in [-0.2, 0) is 0 Å². The van der Waals surface area contributed by atoms with E-state index in [2.05, 4.69) is 15.3 Å². The molecular formula is C11H17N3S. The lowest BCUT2D eigenvalue weighted by Crippen LogP contribution is -2.28. The van der Waals surface area contributed by atoms with Crippen LogP contribution in [0.2, 0.25) is 0 Å². The first-order valence-electron chi connectivity index (χ1n) is 5.48. The minimum absolute atomic E-state index is 0.834. The van der Waals surface area contributed by atoms with Gasteiger partial charge in [-0.25, -0.2) is 9.97 Å². The fraction of sp³-hybridized carbons (Fsp3) is 0.636. The summed E-state index contributed by atoms with van der Waals surface area (Å²) in [7, 11) is 0. The van der Waals surface area contributed by atoms with Crippen LogP contribution in [0, 0.1) is 12.8 Å². The molecule has 1 aliphatic heterocycles. The molecule has 0 aromatic carbocycles. The number of nitrogens with one attached hydrogen (secondary N) is 1. The first-order valence-corrected chi connectivity index (χ1v) is 6.46. The molecule has 0 radical (unpaired) electrons. The summed E-state index contributed by atoms with van der Waals surface area (Å²) in [5, 5.41) is 4.31. The highest BCUT2D eigenvalue weighted by atomic mass is 32.2. The molecule has 0 saturated carbocycles. The number of thioether (sulfide) groups is 1. The van der Waals surface area contributed by atoms with Gasteiger partial charge in [0, 0.05) is 17.6 Å². The summed E-state index contributed by atoms with van der Waals surface area (Å²) in [6.45, 7) is 4.34. The zero-order chi connectivity index (χ0) is 10.5. The smallest absolute Gasteiger partial charge is 0.187 e. The highest BCUT2D eigenvalue weighted by molar-refractivity contribution is 7.99. The fourth-order valence-corrected chi connectivity index (χ4v) is 2.80. The SMILES string of the molecule is Cc1ccnc(SCC2CCNCC2)n1. The maximum Gasteiger partial charge on any atom is 0.187 e. The molecule has 1 aliphatic rings. The standard InChI is InChI=1S/C11H17N3S/c1-9-2-7-13-11(14-9)15-8-10-3-5-12-6-4-10/h2,7,10,12H,3-6,8H2,1H3. The highest BCUT2D eigenvalue weighted by Gasteiger charge is 2.13. The first kappa shape index (κ1) is 10.9. The average Bonchev–Trinajstić information content (AvgIpc) is 2.28. The molecule has 2 heterocycles. The van der Waals surface area contributed by atoms with Gasteiger partial charge in [-0.15, -0.1) is 0 Å². The van der Waals surface area contributed by atoms with Gasteiger partial charge in [0.25, 0.3) is 0 Å². The largest absolute Gasteiger partial charge is 0.317 e. The molecule has 1 N–H and O–H groups in total. The van der Waals surface area contributed by atoms with E-state index in [1.54, 1.807) is 11.8 Å². The average molecular weight is 223 g/mol. The van der Waals surface area contributed by atoms with Gasteiger partial charge in [0.05, 0.1) is 0 Å². The van der Waals surface area contributed by atoms with E-state index in [9.17, 15) is 0 Å². The Kier molecular flexibility index (Phi) is 3.97. The number of rotatable bonds is 3. The molecule has 2 rings (SSSR count). The molecule has 0 atom stereocenters. The molecule has 1 fully saturated rings. The number of aryl methyl sites for hydroxylation is 1. The van der Waals surface area contributed by atoms with Gasteiger partial charge in [0.1, 0.15) is 0 Å². The minimum atomic E-state index is 0.834. The molecule has 0 spiro atoms. The fourth-order valence-electron chi connectivity index (χ4n) is 1.74. The molecule has 3 nitrogen and oxygen atoms in total. The van der Waals surface area contributed by atoms with Crippen molar-refractivity contribution in [2.24, 2.45) is 5.92 Å². The Morgan fingerprint density at radius 1 is 1.47 bits per heavy atom. The Hall–Kier alpha value is -0.610. The molecule has 1 saturated heterocycles. The molecule has 0 unspecified atom stereocenters. The van der Waals surface area contributed by atoms with Crippen LogP contribution in [0.15, 0.2) is 17.4 Å². The van der Waals surface area contributed by atoms with E-state index in [1.165, 1.54) is 25.9 Å². The lowest BCUT2D eigenvalue weighted by molar-refractivity contribution is 0.407. The molecule has 82 valence electrons. The lowest BCUT2D eigenvalue weighted by Gasteiger charge is -2.21.